The molecule has 0 bridgehead atoms. The first-order chi connectivity index (χ1) is 5.73. The van der Waals surface area contributed by atoms with E-state index in [1.54, 1.807) is 18.4 Å². The smallest absolute Gasteiger partial charge is 0.115 e. The van der Waals surface area contributed by atoms with E-state index >= 15 is 0 Å². The molecule has 1 atom stereocenters. The summed E-state index contributed by atoms with van der Waals surface area (Å²) < 4.78 is 5.13. The van der Waals surface area contributed by atoms with Crippen LogP contribution in [0.3, 0.4) is 0 Å². The van der Waals surface area contributed by atoms with Crippen molar-refractivity contribution in [3.05, 3.63) is 16.6 Å². The van der Waals surface area contributed by atoms with E-state index in [4.69, 9.17) is 4.74 Å². The van der Waals surface area contributed by atoms with E-state index in [0.29, 0.717) is 6.61 Å². The van der Waals surface area contributed by atoms with Crippen LogP contribution >= 0.6 is 11.3 Å². The first kappa shape index (κ1) is 9.64. The van der Waals surface area contributed by atoms with Crippen LogP contribution in [0.1, 0.15) is 11.9 Å². The molecule has 0 aromatic carbocycles. The number of likely N-dealkylation sites (N-methyl/N-ethyl adjacent to an activating group) is 1. The number of rotatable bonds is 4. The number of hydrogen-bond donors (Lipinski definition) is 1. The maximum absolute atomic E-state index is 5.13. The summed E-state index contributed by atoms with van der Waals surface area (Å²) in [4.78, 5) is 4.25. The molecule has 1 rings (SSSR count). The highest BCUT2D eigenvalue weighted by molar-refractivity contribution is 7.09. The molecule has 0 spiro atoms. The average molecular weight is 186 g/mol. The Labute approximate surface area is 76.8 Å². The first-order valence-corrected chi connectivity index (χ1v) is 4.69. The Balaban J connectivity index is 2.80. The highest BCUT2D eigenvalue weighted by atomic mass is 32.1. The highest BCUT2D eigenvalue weighted by Crippen LogP contribution is 2.22. The molecule has 1 N–H and O–H groups in total. The molecular weight excluding hydrogens is 172 g/mol. The first-order valence-electron chi connectivity index (χ1n) is 3.81. The van der Waals surface area contributed by atoms with E-state index in [1.807, 2.05) is 18.6 Å². The summed E-state index contributed by atoms with van der Waals surface area (Å²) in [6.45, 7) is 2.71. The lowest BCUT2D eigenvalue weighted by Crippen LogP contribution is -2.40. The van der Waals surface area contributed by atoms with Gasteiger partial charge in [0.05, 0.1) is 12.1 Å². The van der Waals surface area contributed by atoms with Gasteiger partial charge in [0.2, 0.25) is 0 Å². The molecule has 1 aromatic heterocycles. The van der Waals surface area contributed by atoms with Crippen LogP contribution in [-0.4, -0.2) is 25.7 Å². The van der Waals surface area contributed by atoms with Crippen molar-refractivity contribution < 1.29 is 4.74 Å². The number of nitrogens with zero attached hydrogens (tertiary/aromatic N) is 1. The predicted octanol–water partition coefficient (Wildman–Crippen LogP) is 1.22. The average Bonchev–Trinajstić information content (AvgIpc) is 2.57. The summed E-state index contributed by atoms with van der Waals surface area (Å²) in [7, 11) is 3.61. The zero-order chi connectivity index (χ0) is 9.03. The van der Waals surface area contributed by atoms with Crippen molar-refractivity contribution in [3.63, 3.8) is 0 Å². The van der Waals surface area contributed by atoms with Gasteiger partial charge in [0.15, 0.2) is 0 Å². The Morgan fingerprint density at radius 3 is 2.92 bits per heavy atom. The van der Waals surface area contributed by atoms with Crippen LogP contribution in [0.5, 0.6) is 0 Å². The lowest BCUT2D eigenvalue weighted by Gasteiger charge is -2.25. The molecule has 0 saturated carbocycles. The van der Waals surface area contributed by atoms with E-state index in [-0.39, 0.29) is 5.54 Å². The van der Waals surface area contributed by atoms with Crippen molar-refractivity contribution in [1.82, 2.24) is 10.3 Å². The number of aromatic nitrogens is 1. The molecule has 3 nitrogen and oxygen atoms in total. The second kappa shape index (κ2) is 3.98. The van der Waals surface area contributed by atoms with Crippen molar-refractivity contribution in [3.8, 4) is 0 Å². The van der Waals surface area contributed by atoms with E-state index in [9.17, 15) is 0 Å². The van der Waals surface area contributed by atoms with Gasteiger partial charge < -0.3 is 10.1 Å². The molecule has 1 unspecified atom stereocenters. The minimum Gasteiger partial charge on any atom is -0.382 e. The predicted molar refractivity (Wildman–Crippen MR) is 50.4 cm³/mol. The van der Waals surface area contributed by atoms with Gasteiger partial charge in [-0.2, -0.15) is 0 Å². The van der Waals surface area contributed by atoms with Crippen LogP contribution in [0.2, 0.25) is 0 Å². The van der Waals surface area contributed by atoms with Gasteiger partial charge in [-0.25, -0.2) is 4.98 Å². The van der Waals surface area contributed by atoms with E-state index in [0.717, 1.165) is 5.01 Å². The molecule has 0 saturated heterocycles. The second-order valence-electron chi connectivity index (χ2n) is 2.85. The van der Waals surface area contributed by atoms with Crippen molar-refractivity contribution in [2.45, 2.75) is 12.5 Å². The Kier molecular flexibility index (Phi) is 3.20. The SMILES string of the molecule is CNC(C)(COC)c1nccs1. The number of methoxy groups -OCH3 is 1. The number of ether oxygens (including phenoxy) is 1. The lowest BCUT2D eigenvalue weighted by molar-refractivity contribution is 0.123. The quantitative estimate of drug-likeness (QED) is 0.768. The maximum Gasteiger partial charge on any atom is 0.115 e. The van der Waals surface area contributed by atoms with Crippen LogP contribution in [-0.2, 0) is 10.3 Å². The minimum absolute atomic E-state index is 0.150. The molecular formula is C8H14N2OS. The molecule has 12 heavy (non-hydrogen) atoms. The third kappa shape index (κ3) is 1.83. The summed E-state index contributed by atoms with van der Waals surface area (Å²) in [6.07, 6.45) is 1.81. The highest BCUT2D eigenvalue weighted by Gasteiger charge is 2.26. The molecule has 1 aromatic rings. The Bertz CT molecular complexity index is 225. The summed E-state index contributed by atoms with van der Waals surface area (Å²) >= 11 is 1.64. The van der Waals surface area contributed by atoms with Crippen LogP contribution in [0.25, 0.3) is 0 Å². The van der Waals surface area contributed by atoms with Crippen molar-refractivity contribution in [1.29, 1.82) is 0 Å². The number of hydrogen-bond acceptors (Lipinski definition) is 4. The summed E-state index contributed by atoms with van der Waals surface area (Å²) in [6, 6.07) is 0. The van der Waals surface area contributed by atoms with E-state index < -0.39 is 0 Å². The van der Waals surface area contributed by atoms with Crippen molar-refractivity contribution in [2.24, 2.45) is 0 Å². The standard InChI is InChI=1S/C8H14N2OS/c1-8(9-2,6-11-3)7-10-4-5-12-7/h4-5,9H,6H2,1-3H3. The van der Waals surface area contributed by atoms with E-state index in [1.165, 1.54) is 0 Å². The zero-order valence-corrected chi connectivity index (χ0v) is 8.44. The largest absolute Gasteiger partial charge is 0.382 e. The fourth-order valence-electron chi connectivity index (χ4n) is 1.03. The molecule has 0 amide bonds. The lowest BCUT2D eigenvalue weighted by atomic mass is 10.1. The minimum atomic E-state index is -0.150. The third-order valence-electron chi connectivity index (χ3n) is 1.89. The molecule has 0 fully saturated rings. The molecule has 68 valence electrons. The topological polar surface area (TPSA) is 34.1 Å². The Morgan fingerprint density at radius 1 is 1.75 bits per heavy atom. The van der Waals surface area contributed by atoms with Gasteiger partial charge in [-0.05, 0) is 14.0 Å². The van der Waals surface area contributed by atoms with Gasteiger partial charge >= 0.3 is 0 Å². The molecule has 0 aliphatic heterocycles. The van der Waals surface area contributed by atoms with Gasteiger partial charge in [0.25, 0.3) is 0 Å². The van der Waals surface area contributed by atoms with Gasteiger partial charge in [-0.1, -0.05) is 0 Å². The summed E-state index contributed by atoms with van der Waals surface area (Å²) in [5.74, 6) is 0. The van der Waals surface area contributed by atoms with Crippen molar-refractivity contribution in [2.75, 3.05) is 20.8 Å². The van der Waals surface area contributed by atoms with E-state index in [2.05, 4.69) is 17.2 Å². The Hall–Kier alpha value is -0.450. The molecule has 0 radical (unpaired) electrons. The second-order valence-corrected chi connectivity index (χ2v) is 3.75. The van der Waals surface area contributed by atoms with Crippen LogP contribution in [0.15, 0.2) is 11.6 Å². The molecule has 1 heterocycles. The normalized spacial score (nSPS) is 15.9. The summed E-state index contributed by atoms with van der Waals surface area (Å²) in [5.41, 5.74) is -0.150. The fourth-order valence-corrected chi connectivity index (χ4v) is 1.82. The zero-order valence-electron chi connectivity index (χ0n) is 7.63. The van der Waals surface area contributed by atoms with Crippen LogP contribution in [0.4, 0.5) is 0 Å². The third-order valence-corrected chi connectivity index (χ3v) is 2.93. The molecule has 0 aliphatic carbocycles. The van der Waals surface area contributed by atoms with Crippen LogP contribution < -0.4 is 5.32 Å². The van der Waals surface area contributed by atoms with Crippen molar-refractivity contribution >= 4 is 11.3 Å². The number of nitrogens with one attached hydrogen (secondary N) is 1. The number of thiazole rings is 1. The molecule has 0 aliphatic rings. The van der Waals surface area contributed by atoms with Gasteiger partial charge in [0, 0.05) is 18.7 Å². The van der Waals surface area contributed by atoms with Gasteiger partial charge in [-0.15, -0.1) is 11.3 Å². The van der Waals surface area contributed by atoms with Gasteiger partial charge in [0.1, 0.15) is 5.01 Å². The van der Waals surface area contributed by atoms with Gasteiger partial charge in [-0.3, -0.25) is 0 Å². The maximum atomic E-state index is 5.13. The fraction of sp³-hybridized carbons (Fsp3) is 0.625. The van der Waals surface area contributed by atoms with Crippen LogP contribution in [0, 0.1) is 0 Å². The summed E-state index contributed by atoms with van der Waals surface area (Å²) in [5, 5.41) is 6.24. The Morgan fingerprint density at radius 2 is 2.50 bits per heavy atom. The molecule has 4 heteroatoms. The monoisotopic (exact) mass is 186 g/mol.